The Labute approximate surface area is 175 Å². The van der Waals surface area contributed by atoms with Gasteiger partial charge in [-0.25, -0.2) is 4.68 Å². The number of rotatable bonds is 6. The molecule has 1 aliphatic rings. The number of nitrogens with zero attached hydrogens (tertiary/aromatic N) is 4. The van der Waals surface area contributed by atoms with Gasteiger partial charge < -0.3 is 4.90 Å². The third kappa shape index (κ3) is 3.74. The van der Waals surface area contributed by atoms with E-state index in [1.807, 2.05) is 76.4 Å². The van der Waals surface area contributed by atoms with Gasteiger partial charge in [-0.2, -0.15) is 5.10 Å². The van der Waals surface area contributed by atoms with Crippen LogP contribution in [0, 0.1) is 0 Å². The molecule has 4 aromatic rings. The van der Waals surface area contributed by atoms with E-state index in [1.54, 1.807) is 12.4 Å². The Bertz CT molecular complexity index is 1150. The van der Waals surface area contributed by atoms with Crippen LogP contribution in [0.15, 0.2) is 91.4 Å². The van der Waals surface area contributed by atoms with Crippen molar-refractivity contribution in [1.82, 2.24) is 19.7 Å². The fourth-order valence-corrected chi connectivity index (χ4v) is 3.71. The van der Waals surface area contributed by atoms with Gasteiger partial charge >= 0.3 is 0 Å². The van der Waals surface area contributed by atoms with Crippen molar-refractivity contribution in [3.05, 3.63) is 103 Å². The normalized spacial score (nSPS) is 13.2. The molecule has 5 rings (SSSR count). The van der Waals surface area contributed by atoms with E-state index in [9.17, 15) is 4.79 Å². The number of amides is 1. The highest BCUT2D eigenvalue weighted by molar-refractivity contribution is 5.95. The van der Waals surface area contributed by atoms with Gasteiger partial charge in [0.25, 0.3) is 5.91 Å². The van der Waals surface area contributed by atoms with Crippen molar-refractivity contribution in [3.8, 4) is 16.9 Å². The van der Waals surface area contributed by atoms with Gasteiger partial charge in [-0.1, -0.05) is 42.5 Å². The van der Waals surface area contributed by atoms with Gasteiger partial charge in [-0.3, -0.25) is 9.78 Å². The molecule has 0 saturated heterocycles. The van der Waals surface area contributed by atoms with E-state index >= 15 is 0 Å². The Morgan fingerprint density at radius 1 is 0.967 bits per heavy atom. The Balaban J connectivity index is 1.45. The number of carbonyl (C=O) groups is 1. The smallest absolute Gasteiger partial charge is 0.254 e. The van der Waals surface area contributed by atoms with Gasteiger partial charge in [0.1, 0.15) is 0 Å². The first kappa shape index (κ1) is 18.3. The van der Waals surface area contributed by atoms with Gasteiger partial charge in [0.15, 0.2) is 0 Å². The number of benzene rings is 2. The number of hydrogen-bond donors (Lipinski definition) is 0. The fraction of sp³-hybridized carbons (Fsp3) is 0.160. The second-order valence-corrected chi connectivity index (χ2v) is 7.57. The quantitative estimate of drug-likeness (QED) is 0.475. The molecular formula is C25H22N4O. The molecule has 0 atom stereocenters. The van der Waals surface area contributed by atoms with Crippen LogP contribution in [0.2, 0.25) is 0 Å². The van der Waals surface area contributed by atoms with E-state index in [1.165, 1.54) is 0 Å². The van der Waals surface area contributed by atoms with Crippen molar-refractivity contribution < 1.29 is 4.79 Å². The Kier molecular flexibility index (Phi) is 4.85. The summed E-state index contributed by atoms with van der Waals surface area (Å²) in [6.07, 6.45) is 7.49. The molecule has 5 heteroatoms. The average molecular weight is 394 g/mol. The van der Waals surface area contributed by atoms with E-state index in [-0.39, 0.29) is 5.91 Å². The van der Waals surface area contributed by atoms with Crippen molar-refractivity contribution in [3.63, 3.8) is 0 Å². The largest absolute Gasteiger partial charge is 0.331 e. The zero-order chi connectivity index (χ0) is 20.3. The summed E-state index contributed by atoms with van der Waals surface area (Å²) in [6, 6.07) is 24.1. The highest BCUT2D eigenvalue weighted by Gasteiger charge is 2.33. The molecule has 2 aromatic heterocycles. The van der Waals surface area contributed by atoms with Gasteiger partial charge in [0.05, 0.1) is 17.6 Å². The first-order valence-corrected chi connectivity index (χ1v) is 10.2. The third-order valence-corrected chi connectivity index (χ3v) is 5.37. The molecule has 0 spiro atoms. The summed E-state index contributed by atoms with van der Waals surface area (Å²) >= 11 is 0. The molecule has 1 saturated carbocycles. The Morgan fingerprint density at radius 2 is 1.83 bits per heavy atom. The lowest BCUT2D eigenvalue weighted by Crippen LogP contribution is -2.32. The molecule has 0 unspecified atom stereocenters. The minimum absolute atomic E-state index is 0.0524. The molecule has 1 aliphatic carbocycles. The molecule has 0 radical (unpaired) electrons. The topological polar surface area (TPSA) is 51.0 Å². The summed E-state index contributed by atoms with van der Waals surface area (Å²) in [6.45, 7) is 0.582. The van der Waals surface area contributed by atoms with Crippen LogP contribution in [0.25, 0.3) is 16.9 Å². The second-order valence-electron chi connectivity index (χ2n) is 7.57. The fourth-order valence-electron chi connectivity index (χ4n) is 3.71. The first-order chi connectivity index (χ1) is 14.8. The van der Waals surface area contributed by atoms with Crippen LogP contribution in [-0.4, -0.2) is 31.6 Å². The minimum atomic E-state index is 0.0524. The van der Waals surface area contributed by atoms with Crippen LogP contribution >= 0.6 is 0 Å². The third-order valence-electron chi connectivity index (χ3n) is 5.37. The lowest BCUT2D eigenvalue weighted by Gasteiger charge is -2.23. The van der Waals surface area contributed by atoms with E-state index in [4.69, 9.17) is 0 Å². The lowest BCUT2D eigenvalue weighted by molar-refractivity contribution is 0.0729. The molecule has 2 aromatic carbocycles. The van der Waals surface area contributed by atoms with Crippen molar-refractivity contribution in [1.29, 1.82) is 0 Å². The zero-order valence-corrected chi connectivity index (χ0v) is 16.6. The first-order valence-electron chi connectivity index (χ1n) is 10.2. The summed E-state index contributed by atoms with van der Waals surface area (Å²) in [7, 11) is 0. The lowest BCUT2D eigenvalue weighted by atomic mass is 10.1. The number of hydrogen-bond acceptors (Lipinski definition) is 3. The summed E-state index contributed by atoms with van der Waals surface area (Å²) in [5.74, 6) is 0.0524. The number of aromatic nitrogens is 3. The molecule has 0 aliphatic heterocycles. The molecule has 30 heavy (non-hydrogen) atoms. The molecule has 0 N–H and O–H groups in total. The molecule has 1 fully saturated rings. The van der Waals surface area contributed by atoms with Crippen molar-refractivity contribution in [2.75, 3.05) is 0 Å². The van der Waals surface area contributed by atoms with Gasteiger partial charge in [0, 0.05) is 36.1 Å². The highest BCUT2D eigenvalue weighted by Crippen LogP contribution is 2.30. The van der Waals surface area contributed by atoms with Crippen LogP contribution in [0.5, 0.6) is 0 Å². The van der Waals surface area contributed by atoms with E-state index < -0.39 is 0 Å². The summed E-state index contributed by atoms with van der Waals surface area (Å²) in [5, 5.41) is 4.51. The van der Waals surface area contributed by atoms with Crippen LogP contribution in [0.4, 0.5) is 0 Å². The van der Waals surface area contributed by atoms with Gasteiger partial charge in [0.2, 0.25) is 0 Å². The molecule has 1 amide bonds. The summed E-state index contributed by atoms with van der Waals surface area (Å²) in [5.41, 5.74) is 4.68. The number of carbonyl (C=O) groups excluding carboxylic acids is 1. The van der Waals surface area contributed by atoms with Gasteiger partial charge in [-0.05, 0) is 48.7 Å². The SMILES string of the molecule is O=C(c1cccc(-n2nccc2-c2ccccc2)c1)N(Cc1cccnc1)C1CC1. The zero-order valence-electron chi connectivity index (χ0n) is 16.6. The maximum Gasteiger partial charge on any atom is 0.254 e. The average Bonchev–Trinajstić information content (AvgIpc) is 3.53. The molecule has 5 nitrogen and oxygen atoms in total. The highest BCUT2D eigenvalue weighted by atomic mass is 16.2. The number of pyridine rings is 1. The van der Waals surface area contributed by atoms with Crippen LogP contribution < -0.4 is 0 Å². The predicted molar refractivity (Wildman–Crippen MR) is 116 cm³/mol. The minimum Gasteiger partial charge on any atom is -0.331 e. The molecule has 148 valence electrons. The van der Waals surface area contributed by atoms with Crippen LogP contribution in [0.1, 0.15) is 28.8 Å². The van der Waals surface area contributed by atoms with E-state index in [2.05, 4.69) is 22.2 Å². The van der Waals surface area contributed by atoms with Crippen LogP contribution in [0.3, 0.4) is 0 Å². The Hall–Kier alpha value is -3.73. The van der Waals surface area contributed by atoms with E-state index in [0.717, 1.165) is 35.3 Å². The van der Waals surface area contributed by atoms with Crippen LogP contribution in [-0.2, 0) is 6.54 Å². The van der Waals surface area contributed by atoms with Crippen molar-refractivity contribution >= 4 is 5.91 Å². The molecular weight excluding hydrogens is 372 g/mol. The monoisotopic (exact) mass is 394 g/mol. The van der Waals surface area contributed by atoms with Crippen molar-refractivity contribution in [2.45, 2.75) is 25.4 Å². The predicted octanol–water partition coefficient (Wildman–Crippen LogP) is 4.74. The summed E-state index contributed by atoms with van der Waals surface area (Å²) < 4.78 is 1.88. The molecule has 0 bridgehead atoms. The standard InChI is InChI=1S/C25H22N4O/c30-25(28(22-11-12-22)18-19-6-5-14-26-17-19)21-9-4-10-23(16-21)29-24(13-15-27-29)20-7-2-1-3-8-20/h1-10,13-17,22H,11-12,18H2. The molecule has 2 heterocycles. The summed E-state index contributed by atoms with van der Waals surface area (Å²) in [4.78, 5) is 19.5. The maximum atomic E-state index is 13.4. The van der Waals surface area contributed by atoms with Crippen molar-refractivity contribution in [2.24, 2.45) is 0 Å². The maximum absolute atomic E-state index is 13.4. The Morgan fingerprint density at radius 3 is 2.60 bits per heavy atom. The van der Waals surface area contributed by atoms with Gasteiger partial charge in [-0.15, -0.1) is 0 Å². The van der Waals surface area contributed by atoms with E-state index in [0.29, 0.717) is 18.2 Å². The second kappa shape index (κ2) is 7.95.